The number of hydrogen-bond acceptors (Lipinski definition) is 5. The summed E-state index contributed by atoms with van der Waals surface area (Å²) in [5.74, 6) is 0. The van der Waals surface area contributed by atoms with Gasteiger partial charge in [-0.25, -0.2) is 0 Å². The highest BCUT2D eigenvalue weighted by molar-refractivity contribution is 4.88. The zero-order valence-corrected chi connectivity index (χ0v) is 10.1. The molecule has 100 valence electrons. The molecule has 0 aliphatic carbocycles. The van der Waals surface area contributed by atoms with Gasteiger partial charge >= 0.3 is 0 Å². The average molecular weight is 246 g/mol. The fourth-order valence-corrected chi connectivity index (χ4v) is 0.659. The number of epoxide rings is 2. The summed E-state index contributed by atoms with van der Waals surface area (Å²) in [6.45, 7) is 9.73. The molecular weight excluding hydrogens is 224 g/mol. The van der Waals surface area contributed by atoms with E-state index in [1.54, 1.807) is 12.2 Å². The van der Waals surface area contributed by atoms with Crippen LogP contribution in [-0.4, -0.2) is 62.1 Å². The molecular formula is C12H22O5. The van der Waals surface area contributed by atoms with Crippen LogP contribution in [0.5, 0.6) is 0 Å². The SMILES string of the molecule is C(OCC1CO1)C1CO1.C=CC=C.OCCO. The lowest BCUT2D eigenvalue weighted by molar-refractivity contribution is 0.102. The summed E-state index contributed by atoms with van der Waals surface area (Å²) in [5, 5.41) is 15.2. The van der Waals surface area contributed by atoms with Gasteiger partial charge in [-0.05, 0) is 0 Å². The van der Waals surface area contributed by atoms with Crippen molar-refractivity contribution < 1.29 is 24.4 Å². The fraction of sp³-hybridized carbons (Fsp3) is 0.667. The van der Waals surface area contributed by atoms with Crippen molar-refractivity contribution in [3.63, 3.8) is 0 Å². The molecule has 0 bridgehead atoms. The molecule has 0 aromatic rings. The van der Waals surface area contributed by atoms with Crippen LogP contribution in [-0.2, 0) is 14.2 Å². The van der Waals surface area contributed by atoms with Gasteiger partial charge in [-0.3, -0.25) is 0 Å². The molecule has 2 aliphatic rings. The molecule has 0 radical (unpaired) electrons. The van der Waals surface area contributed by atoms with E-state index in [0.29, 0.717) is 12.2 Å². The second-order valence-electron chi connectivity index (χ2n) is 3.37. The van der Waals surface area contributed by atoms with Crippen molar-refractivity contribution in [1.29, 1.82) is 0 Å². The molecule has 2 rings (SSSR count). The molecule has 17 heavy (non-hydrogen) atoms. The van der Waals surface area contributed by atoms with Crippen LogP contribution < -0.4 is 0 Å². The third-order valence-corrected chi connectivity index (χ3v) is 1.68. The predicted molar refractivity (Wildman–Crippen MR) is 64.9 cm³/mol. The Morgan fingerprint density at radius 1 is 1.00 bits per heavy atom. The lowest BCUT2D eigenvalue weighted by Crippen LogP contribution is -2.06. The van der Waals surface area contributed by atoms with Crippen LogP contribution in [0.1, 0.15) is 0 Å². The average Bonchev–Trinajstić information content (AvgIpc) is 3.24. The minimum Gasteiger partial charge on any atom is -0.394 e. The van der Waals surface area contributed by atoms with Gasteiger partial charge in [-0.15, -0.1) is 0 Å². The van der Waals surface area contributed by atoms with E-state index in [4.69, 9.17) is 24.4 Å². The number of allylic oxidation sites excluding steroid dienone is 2. The summed E-state index contributed by atoms with van der Waals surface area (Å²) >= 11 is 0. The zero-order valence-electron chi connectivity index (χ0n) is 10.1. The van der Waals surface area contributed by atoms with E-state index in [-0.39, 0.29) is 13.2 Å². The van der Waals surface area contributed by atoms with Gasteiger partial charge < -0.3 is 24.4 Å². The van der Waals surface area contributed by atoms with Crippen LogP contribution in [0.4, 0.5) is 0 Å². The number of rotatable bonds is 6. The van der Waals surface area contributed by atoms with Gasteiger partial charge in [0.1, 0.15) is 12.2 Å². The van der Waals surface area contributed by atoms with Crippen LogP contribution >= 0.6 is 0 Å². The molecule has 0 saturated carbocycles. The van der Waals surface area contributed by atoms with Crippen molar-refractivity contribution in [3.05, 3.63) is 25.3 Å². The van der Waals surface area contributed by atoms with E-state index in [2.05, 4.69) is 13.2 Å². The Hall–Kier alpha value is -0.720. The minimum atomic E-state index is -0.125. The van der Waals surface area contributed by atoms with Crippen LogP contribution in [0.15, 0.2) is 25.3 Å². The number of hydrogen-bond donors (Lipinski definition) is 2. The van der Waals surface area contributed by atoms with Crippen LogP contribution in [0, 0.1) is 0 Å². The quantitative estimate of drug-likeness (QED) is 0.515. The maximum Gasteiger partial charge on any atom is 0.104 e. The predicted octanol–water partition coefficient (Wildman–Crippen LogP) is 0.130. The first kappa shape index (κ1) is 16.3. The van der Waals surface area contributed by atoms with Crippen molar-refractivity contribution in [2.24, 2.45) is 0 Å². The Labute approximate surface area is 102 Å². The molecule has 2 atom stereocenters. The molecule has 5 heteroatoms. The van der Waals surface area contributed by atoms with Crippen molar-refractivity contribution in [2.75, 3.05) is 39.6 Å². The second-order valence-corrected chi connectivity index (χ2v) is 3.37. The summed E-state index contributed by atoms with van der Waals surface area (Å²) in [7, 11) is 0. The molecule has 2 aliphatic heterocycles. The van der Waals surface area contributed by atoms with Gasteiger partial charge in [0.05, 0.1) is 39.6 Å². The smallest absolute Gasteiger partial charge is 0.104 e. The zero-order chi connectivity index (χ0) is 12.9. The molecule has 0 aromatic heterocycles. The van der Waals surface area contributed by atoms with E-state index >= 15 is 0 Å². The lowest BCUT2D eigenvalue weighted by Gasteiger charge is -1.95. The monoisotopic (exact) mass is 246 g/mol. The molecule has 0 spiro atoms. The normalized spacial score (nSPS) is 23.4. The van der Waals surface area contributed by atoms with Gasteiger partial charge in [0.25, 0.3) is 0 Å². The molecule has 2 saturated heterocycles. The Morgan fingerprint density at radius 3 is 1.53 bits per heavy atom. The first-order valence-electron chi connectivity index (χ1n) is 5.54. The maximum absolute atomic E-state index is 7.62. The molecule has 0 aromatic carbocycles. The molecule has 2 N–H and O–H groups in total. The highest BCUT2D eigenvalue weighted by atomic mass is 16.6. The Morgan fingerprint density at radius 2 is 1.35 bits per heavy atom. The number of aliphatic hydroxyl groups excluding tert-OH is 2. The van der Waals surface area contributed by atoms with Gasteiger partial charge in [0.15, 0.2) is 0 Å². The third-order valence-electron chi connectivity index (χ3n) is 1.68. The summed E-state index contributed by atoms with van der Waals surface area (Å²) < 4.78 is 15.1. The number of ether oxygens (including phenoxy) is 3. The Bertz CT molecular complexity index is 167. The highest BCUT2D eigenvalue weighted by Crippen LogP contribution is 2.12. The van der Waals surface area contributed by atoms with Crippen molar-refractivity contribution >= 4 is 0 Å². The first-order valence-corrected chi connectivity index (χ1v) is 5.54. The van der Waals surface area contributed by atoms with E-state index < -0.39 is 0 Å². The molecule has 0 amide bonds. The van der Waals surface area contributed by atoms with E-state index in [9.17, 15) is 0 Å². The summed E-state index contributed by atoms with van der Waals surface area (Å²) in [6.07, 6.45) is 4.06. The standard InChI is InChI=1S/C6H10O3.C4H6.C2H6O2/c1(5-3-8-5)7-2-6-4-9-6;1-3-4-2;3-1-2-4/h5-6H,1-4H2;2*3-4H,1-2H2. The second kappa shape index (κ2) is 11.8. The van der Waals surface area contributed by atoms with E-state index in [1.165, 1.54) is 0 Å². The van der Waals surface area contributed by atoms with Crippen LogP contribution in [0.3, 0.4) is 0 Å². The molecule has 5 nitrogen and oxygen atoms in total. The van der Waals surface area contributed by atoms with E-state index in [0.717, 1.165) is 26.4 Å². The fourth-order valence-electron chi connectivity index (χ4n) is 0.659. The summed E-state index contributed by atoms with van der Waals surface area (Å²) in [4.78, 5) is 0. The largest absolute Gasteiger partial charge is 0.394 e. The lowest BCUT2D eigenvalue weighted by atomic mass is 10.5. The van der Waals surface area contributed by atoms with Gasteiger partial charge in [0, 0.05) is 0 Å². The summed E-state index contributed by atoms with van der Waals surface area (Å²) in [5.41, 5.74) is 0. The molecule has 2 unspecified atom stereocenters. The van der Waals surface area contributed by atoms with Gasteiger partial charge in [0.2, 0.25) is 0 Å². The van der Waals surface area contributed by atoms with Crippen molar-refractivity contribution in [2.45, 2.75) is 12.2 Å². The highest BCUT2D eigenvalue weighted by Gasteiger charge is 2.26. The van der Waals surface area contributed by atoms with Gasteiger partial charge in [-0.1, -0.05) is 25.3 Å². The van der Waals surface area contributed by atoms with Crippen LogP contribution in [0.25, 0.3) is 0 Å². The van der Waals surface area contributed by atoms with Crippen molar-refractivity contribution in [3.8, 4) is 0 Å². The topological polar surface area (TPSA) is 74.8 Å². The Kier molecular flexibility index (Phi) is 11.3. The minimum absolute atomic E-state index is 0.125. The first-order chi connectivity index (χ1) is 8.28. The third kappa shape index (κ3) is 15.3. The number of aliphatic hydroxyl groups is 2. The maximum atomic E-state index is 7.62. The van der Waals surface area contributed by atoms with Crippen LogP contribution in [0.2, 0.25) is 0 Å². The van der Waals surface area contributed by atoms with E-state index in [1.807, 2.05) is 0 Å². The summed E-state index contributed by atoms with van der Waals surface area (Å²) in [6, 6.07) is 0. The van der Waals surface area contributed by atoms with Crippen molar-refractivity contribution in [1.82, 2.24) is 0 Å². The van der Waals surface area contributed by atoms with Gasteiger partial charge in [-0.2, -0.15) is 0 Å². The Balaban J connectivity index is 0.000000274. The molecule has 2 heterocycles. The molecule has 2 fully saturated rings.